The largest absolute Gasteiger partial charge is 0.484 e. The summed E-state index contributed by atoms with van der Waals surface area (Å²) in [7, 11) is 1.80. The zero-order valence-electron chi connectivity index (χ0n) is 19.9. The van der Waals surface area contributed by atoms with Gasteiger partial charge in [-0.2, -0.15) is 5.10 Å². The van der Waals surface area contributed by atoms with Crippen LogP contribution in [-0.4, -0.2) is 71.8 Å². The molecule has 5 heterocycles. The third-order valence-corrected chi connectivity index (χ3v) is 7.30. The summed E-state index contributed by atoms with van der Waals surface area (Å²) in [4.78, 5) is 19.4. The molecule has 1 aromatic carbocycles. The fraction of sp³-hybridized carbons (Fsp3) is 0.462. The quantitative estimate of drug-likeness (QED) is 0.546. The van der Waals surface area contributed by atoms with E-state index in [-0.39, 0.29) is 5.56 Å². The molecule has 2 aromatic heterocycles. The lowest BCUT2D eigenvalue weighted by Gasteiger charge is -2.34. The zero-order chi connectivity index (χ0) is 23.8. The van der Waals surface area contributed by atoms with Gasteiger partial charge >= 0.3 is 0 Å². The molecule has 0 amide bonds. The Bertz CT molecular complexity index is 1330. The van der Waals surface area contributed by atoms with Crippen LogP contribution in [0.2, 0.25) is 0 Å². The second kappa shape index (κ2) is 9.39. The van der Waals surface area contributed by atoms with E-state index in [2.05, 4.69) is 37.5 Å². The van der Waals surface area contributed by atoms with Crippen molar-refractivity contribution < 1.29 is 9.47 Å². The van der Waals surface area contributed by atoms with Gasteiger partial charge in [0.15, 0.2) is 5.75 Å². The molecular formula is C26H30N6O3. The van der Waals surface area contributed by atoms with Crippen molar-refractivity contribution in [3.8, 4) is 11.6 Å². The average molecular weight is 475 g/mol. The van der Waals surface area contributed by atoms with Crippen LogP contribution in [-0.2, 0) is 13.1 Å². The number of likely N-dealkylation sites (tertiary alicyclic amines) is 1. The summed E-state index contributed by atoms with van der Waals surface area (Å²) in [6.45, 7) is 5.47. The van der Waals surface area contributed by atoms with Gasteiger partial charge in [-0.05, 0) is 48.5 Å². The number of hydrogen-bond donors (Lipinski definition) is 1. The molecular weight excluding hydrogens is 444 g/mol. The molecule has 9 nitrogen and oxygen atoms in total. The fourth-order valence-electron chi connectivity index (χ4n) is 5.62. The van der Waals surface area contributed by atoms with Crippen LogP contribution in [0.4, 0.5) is 0 Å². The number of pyridine rings is 1. The molecule has 0 radical (unpaired) electrons. The third kappa shape index (κ3) is 4.30. The highest BCUT2D eigenvalue weighted by molar-refractivity contribution is 5.94. The lowest BCUT2D eigenvalue weighted by atomic mass is 9.93. The summed E-state index contributed by atoms with van der Waals surface area (Å²) in [6.07, 6.45) is 4.07. The first kappa shape index (κ1) is 22.2. The third-order valence-electron chi connectivity index (χ3n) is 7.30. The van der Waals surface area contributed by atoms with Gasteiger partial charge in [0.05, 0.1) is 11.2 Å². The second-order valence-corrected chi connectivity index (χ2v) is 9.53. The standard InChI is InChI=1S/C26H30N6O3/c1-27-13-18-3-2-17-4-5-23(33)32-16-19(24(18)25(17)32)15-31-8-6-20(7-9-31)28-14-21-12-22-26(30-29-21)35-11-10-34-22/h2-5,12-13,19-20,28H,6-11,14-16H2,1H3. The van der Waals surface area contributed by atoms with Gasteiger partial charge in [-0.15, -0.1) is 5.10 Å². The number of piperidine rings is 1. The molecule has 0 saturated carbocycles. The predicted octanol–water partition coefficient (Wildman–Crippen LogP) is 1.96. The van der Waals surface area contributed by atoms with E-state index < -0.39 is 0 Å². The highest BCUT2D eigenvalue weighted by atomic mass is 16.6. The minimum atomic E-state index is 0.0805. The Morgan fingerprint density at radius 1 is 1.14 bits per heavy atom. The SMILES string of the molecule is CN=Cc1ccc2ccc(=O)n3c2c1C(CN1CCC(NCc2cc4c(nn2)OCCO4)CC1)C3. The van der Waals surface area contributed by atoms with Gasteiger partial charge in [-0.1, -0.05) is 12.1 Å². The summed E-state index contributed by atoms with van der Waals surface area (Å²) in [6, 6.07) is 10.2. The molecule has 0 bridgehead atoms. The van der Waals surface area contributed by atoms with Gasteiger partial charge < -0.3 is 24.3 Å². The van der Waals surface area contributed by atoms with E-state index >= 15 is 0 Å². The molecule has 1 N–H and O–H groups in total. The van der Waals surface area contributed by atoms with E-state index in [1.807, 2.05) is 22.9 Å². The van der Waals surface area contributed by atoms with Gasteiger partial charge in [-0.25, -0.2) is 0 Å². The maximum absolute atomic E-state index is 12.6. The van der Waals surface area contributed by atoms with Crippen LogP contribution in [0.25, 0.3) is 10.9 Å². The predicted molar refractivity (Wildman–Crippen MR) is 134 cm³/mol. The van der Waals surface area contributed by atoms with Crippen molar-refractivity contribution in [2.75, 3.05) is 39.9 Å². The summed E-state index contributed by atoms with van der Waals surface area (Å²) >= 11 is 0. The van der Waals surface area contributed by atoms with E-state index in [9.17, 15) is 4.79 Å². The molecule has 0 spiro atoms. The number of nitrogens with zero attached hydrogens (tertiary/aromatic N) is 5. The maximum atomic E-state index is 12.6. The Balaban J connectivity index is 1.09. The Morgan fingerprint density at radius 2 is 1.97 bits per heavy atom. The van der Waals surface area contributed by atoms with E-state index in [0.717, 1.165) is 61.2 Å². The number of nitrogens with one attached hydrogen (secondary N) is 1. The van der Waals surface area contributed by atoms with Crippen LogP contribution in [0.1, 0.15) is 35.6 Å². The zero-order valence-corrected chi connectivity index (χ0v) is 19.9. The molecule has 35 heavy (non-hydrogen) atoms. The fourth-order valence-corrected chi connectivity index (χ4v) is 5.62. The van der Waals surface area contributed by atoms with Crippen LogP contribution >= 0.6 is 0 Å². The average Bonchev–Trinajstić information content (AvgIpc) is 3.28. The number of benzene rings is 1. The summed E-state index contributed by atoms with van der Waals surface area (Å²) in [5.41, 5.74) is 4.42. The number of aliphatic imine (C=N–C) groups is 1. The highest BCUT2D eigenvalue weighted by Crippen LogP contribution is 2.36. The monoisotopic (exact) mass is 474 g/mol. The van der Waals surface area contributed by atoms with Crippen LogP contribution in [0, 0.1) is 0 Å². The highest BCUT2D eigenvalue weighted by Gasteiger charge is 2.30. The van der Waals surface area contributed by atoms with Crippen molar-refractivity contribution in [2.45, 2.75) is 37.9 Å². The summed E-state index contributed by atoms with van der Waals surface area (Å²) in [5.74, 6) is 1.45. The van der Waals surface area contributed by atoms with Gasteiger partial charge in [0.2, 0.25) is 0 Å². The van der Waals surface area contributed by atoms with Crippen LogP contribution in [0.5, 0.6) is 11.6 Å². The van der Waals surface area contributed by atoms with Crippen molar-refractivity contribution in [2.24, 2.45) is 4.99 Å². The maximum Gasteiger partial charge on any atom is 0.276 e. The topological polar surface area (TPSA) is 93.9 Å². The molecule has 1 unspecified atom stereocenters. The van der Waals surface area contributed by atoms with Crippen LogP contribution in [0.15, 0.2) is 40.1 Å². The Kier molecular flexibility index (Phi) is 5.95. The van der Waals surface area contributed by atoms with Gasteiger partial charge in [0, 0.05) is 57.0 Å². The van der Waals surface area contributed by atoms with E-state index in [1.165, 1.54) is 5.56 Å². The van der Waals surface area contributed by atoms with E-state index in [1.54, 1.807) is 13.1 Å². The molecule has 182 valence electrons. The van der Waals surface area contributed by atoms with Gasteiger partial charge in [0.1, 0.15) is 13.2 Å². The van der Waals surface area contributed by atoms with E-state index in [0.29, 0.717) is 43.3 Å². The van der Waals surface area contributed by atoms with Crippen LogP contribution < -0.4 is 20.3 Å². The first-order valence-corrected chi connectivity index (χ1v) is 12.4. The molecule has 3 aliphatic heterocycles. The molecule has 1 fully saturated rings. The Morgan fingerprint density at radius 3 is 2.83 bits per heavy atom. The van der Waals surface area contributed by atoms with Crippen molar-refractivity contribution in [3.05, 3.63) is 57.5 Å². The molecule has 1 saturated heterocycles. The number of rotatable bonds is 6. The van der Waals surface area contributed by atoms with Crippen molar-refractivity contribution in [3.63, 3.8) is 0 Å². The van der Waals surface area contributed by atoms with E-state index in [4.69, 9.17) is 9.47 Å². The number of fused-ring (bicyclic) bond motifs is 1. The van der Waals surface area contributed by atoms with Gasteiger partial charge in [0.25, 0.3) is 11.4 Å². The normalized spacial score (nSPS) is 20.2. The smallest absolute Gasteiger partial charge is 0.276 e. The first-order valence-electron chi connectivity index (χ1n) is 12.4. The summed E-state index contributed by atoms with van der Waals surface area (Å²) < 4.78 is 13.0. The minimum Gasteiger partial charge on any atom is -0.484 e. The van der Waals surface area contributed by atoms with Gasteiger partial charge in [-0.3, -0.25) is 9.79 Å². The van der Waals surface area contributed by atoms with Crippen molar-refractivity contribution in [1.82, 2.24) is 25.0 Å². The lowest BCUT2D eigenvalue weighted by Crippen LogP contribution is -2.43. The number of aromatic nitrogens is 3. The molecule has 6 rings (SSSR count). The summed E-state index contributed by atoms with van der Waals surface area (Å²) in [5, 5.41) is 13.2. The molecule has 9 heteroatoms. The second-order valence-electron chi connectivity index (χ2n) is 9.53. The lowest BCUT2D eigenvalue weighted by molar-refractivity contribution is 0.161. The van der Waals surface area contributed by atoms with Crippen LogP contribution in [0.3, 0.4) is 0 Å². The van der Waals surface area contributed by atoms with Crippen molar-refractivity contribution in [1.29, 1.82) is 0 Å². The molecule has 0 aliphatic carbocycles. The Labute approximate surface area is 203 Å². The molecule has 3 aromatic rings. The number of hydrogen-bond acceptors (Lipinski definition) is 8. The van der Waals surface area contributed by atoms with Crippen molar-refractivity contribution >= 4 is 17.1 Å². The molecule has 1 atom stereocenters. The molecule has 3 aliphatic rings. The Hall–Kier alpha value is -3.30. The first-order chi connectivity index (χ1) is 17.2. The number of ether oxygens (including phenoxy) is 2. The minimum absolute atomic E-state index is 0.0805.